The lowest BCUT2D eigenvalue weighted by atomic mass is 9.48. The van der Waals surface area contributed by atoms with Crippen LogP contribution in [0.5, 0.6) is 0 Å². The molecule has 4 aliphatic carbocycles. The second-order valence-corrected chi connectivity index (χ2v) is 6.09. The van der Waals surface area contributed by atoms with Crippen molar-refractivity contribution in [2.45, 2.75) is 45.4 Å². The fraction of sp³-hybridized carbons (Fsp3) is 0.857. The molecular weight excluding hydrogens is 216 g/mol. The normalized spacial score (nSPS) is 41.4. The van der Waals surface area contributed by atoms with E-state index >= 15 is 0 Å². The Bertz CT molecular complexity index is 273. The maximum absolute atomic E-state index is 11.7. The van der Waals surface area contributed by atoms with Crippen molar-refractivity contribution in [1.82, 2.24) is 0 Å². The van der Waals surface area contributed by atoms with Crippen LogP contribution in [0.3, 0.4) is 0 Å². The lowest BCUT2D eigenvalue weighted by molar-refractivity contribution is -0.141. The monoisotopic (exact) mass is 238 g/mol. The summed E-state index contributed by atoms with van der Waals surface area (Å²) in [7, 11) is 1.31. The third kappa shape index (κ3) is 2.38. The van der Waals surface area contributed by atoms with Gasteiger partial charge in [0.25, 0.3) is 6.47 Å². The molecular formula is C14H22O3. The molecule has 3 heteroatoms. The Hall–Kier alpha value is -0.860. The second-order valence-electron chi connectivity index (χ2n) is 6.09. The summed E-state index contributed by atoms with van der Waals surface area (Å²) in [5.74, 6) is 3.23. The molecule has 0 spiro atoms. The summed E-state index contributed by atoms with van der Waals surface area (Å²) in [5, 5.41) is 0. The van der Waals surface area contributed by atoms with Gasteiger partial charge in [0.05, 0.1) is 7.11 Å². The van der Waals surface area contributed by atoms with Gasteiger partial charge in [0.1, 0.15) is 5.78 Å². The maximum Gasteiger partial charge on any atom is 0.292 e. The second kappa shape index (κ2) is 4.79. The summed E-state index contributed by atoms with van der Waals surface area (Å²) in [6.07, 6.45) is 8.00. The van der Waals surface area contributed by atoms with E-state index in [-0.39, 0.29) is 5.41 Å². The van der Waals surface area contributed by atoms with Crippen LogP contribution in [0.15, 0.2) is 0 Å². The highest BCUT2D eigenvalue weighted by Gasteiger charge is 2.52. The molecule has 0 N–H and O–H groups in total. The lowest BCUT2D eigenvalue weighted by Crippen LogP contribution is -2.49. The predicted octanol–water partition coefficient (Wildman–Crippen LogP) is 2.58. The summed E-state index contributed by atoms with van der Waals surface area (Å²) in [4.78, 5) is 20.6. The third-order valence-electron chi connectivity index (χ3n) is 4.88. The fourth-order valence-corrected chi connectivity index (χ4v) is 4.54. The Morgan fingerprint density at radius 3 is 1.71 bits per heavy atom. The highest BCUT2D eigenvalue weighted by atomic mass is 16.5. The number of Topliss-reactive ketones (excluding diaryl/α,β-unsaturated/α-hetero) is 1. The number of ketones is 1. The van der Waals surface area contributed by atoms with E-state index in [0.717, 1.165) is 17.8 Å². The first-order chi connectivity index (χ1) is 8.09. The standard InChI is InChI=1S/C12H18O.C2H4O2/c1-8(13)12-5-9-2-10(6-12)4-11(3-9)7-12;1-4-2-3/h9-11H,2-7H2,1H3;2H,1H3. The number of hydrogen-bond acceptors (Lipinski definition) is 3. The van der Waals surface area contributed by atoms with Crippen molar-refractivity contribution in [1.29, 1.82) is 0 Å². The number of methoxy groups -OCH3 is 1. The summed E-state index contributed by atoms with van der Waals surface area (Å²) in [6, 6.07) is 0. The molecule has 0 amide bonds. The molecule has 0 aromatic carbocycles. The highest BCUT2D eigenvalue weighted by Crippen LogP contribution is 2.60. The first-order valence-corrected chi connectivity index (χ1v) is 6.57. The van der Waals surface area contributed by atoms with Crippen molar-refractivity contribution in [3.8, 4) is 0 Å². The Morgan fingerprint density at radius 2 is 1.47 bits per heavy atom. The van der Waals surface area contributed by atoms with Crippen LogP contribution in [-0.4, -0.2) is 19.4 Å². The molecule has 0 aromatic heterocycles. The molecule has 4 bridgehead atoms. The van der Waals surface area contributed by atoms with E-state index in [0.29, 0.717) is 12.3 Å². The van der Waals surface area contributed by atoms with Gasteiger partial charge in [0, 0.05) is 5.41 Å². The van der Waals surface area contributed by atoms with Crippen molar-refractivity contribution in [2.24, 2.45) is 23.2 Å². The zero-order valence-corrected chi connectivity index (χ0v) is 10.8. The number of hydrogen-bond donors (Lipinski definition) is 0. The Kier molecular flexibility index (Phi) is 3.55. The molecule has 4 aliphatic rings. The van der Waals surface area contributed by atoms with Gasteiger partial charge in [-0.3, -0.25) is 9.59 Å². The van der Waals surface area contributed by atoms with Crippen LogP contribution in [0.2, 0.25) is 0 Å². The fourth-order valence-electron chi connectivity index (χ4n) is 4.54. The van der Waals surface area contributed by atoms with Gasteiger partial charge in [-0.05, 0) is 63.2 Å². The van der Waals surface area contributed by atoms with Crippen LogP contribution in [0.1, 0.15) is 45.4 Å². The molecule has 0 unspecified atom stereocenters. The van der Waals surface area contributed by atoms with Crippen molar-refractivity contribution in [3.63, 3.8) is 0 Å². The molecule has 0 heterocycles. The van der Waals surface area contributed by atoms with Crippen LogP contribution < -0.4 is 0 Å². The van der Waals surface area contributed by atoms with E-state index in [9.17, 15) is 4.79 Å². The molecule has 0 aliphatic heterocycles. The predicted molar refractivity (Wildman–Crippen MR) is 64.4 cm³/mol. The molecule has 17 heavy (non-hydrogen) atoms. The van der Waals surface area contributed by atoms with Crippen molar-refractivity contribution < 1.29 is 14.3 Å². The number of carbonyl (C=O) groups excluding carboxylic acids is 2. The average molecular weight is 238 g/mol. The molecule has 0 radical (unpaired) electrons. The number of carbonyl (C=O) groups is 2. The highest BCUT2D eigenvalue weighted by molar-refractivity contribution is 5.82. The minimum atomic E-state index is 0.161. The molecule has 0 atom stereocenters. The Morgan fingerprint density at radius 1 is 1.12 bits per heavy atom. The van der Waals surface area contributed by atoms with Gasteiger partial charge in [-0.2, -0.15) is 0 Å². The minimum Gasteiger partial charge on any atom is -0.471 e. The van der Waals surface area contributed by atoms with Crippen LogP contribution in [-0.2, 0) is 14.3 Å². The maximum atomic E-state index is 11.7. The Balaban J connectivity index is 0.000000239. The molecule has 0 aromatic rings. The average Bonchev–Trinajstić information content (AvgIpc) is 2.27. The van der Waals surface area contributed by atoms with Crippen molar-refractivity contribution >= 4 is 12.3 Å². The summed E-state index contributed by atoms with van der Waals surface area (Å²) < 4.78 is 3.86. The summed E-state index contributed by atoms with van der Waals surface area (Å²) in [5.41, 5.74) is 0.161. The zero-order chi connectivity index (χ0) is 12.5. The first kappa shape index (κ1) is 12.6. The van der Waals surface area contributed by atoms with Gasteiger partial charge >= 0.3 is 0 Å². The topological polar surface area (TPSA) is 43.4 Å². The van der Waals surface area contributed by atoms with Crippen LogP contribution in [0.4, 0.5) is 0 Å². The van der Waals surface area contributed by atoms with Gasteiger partial charge in [0.2, 0.25) is 0 Å². The van der Waals surface area contributed by atoms with Crippen LogP contribution in [0, 0.1) is 23.2 Å². The minimum absolute atomic E-state index is 0.161. The molecule has 96 valence electrons. The van der Waals surface area contributed by atoms with Crippen molar-refractivity contribution in [2.75, 3.05) is 7.11 Å². The first-order valence-electron chi connectivity index (χ1n) is 6.57. The van der Waals surface area contributed by atoms with Gasteiger partial charge < -0.3 is 4.74 Å². The van der Waals surface area contributed by atoms with Gasteiger partial charge in [-0.1, -0.05) is 0 Å². The SMILES string of the molecule is CC(=O)C12CC3CC(CC(C3)C1)C2.COC=O. The summed E-state index contributed by atoms with van der Waals surface area (Å²) in [6.45, 7) is 2.20. The molecule has 4 saturated carbocycles. The van der Waals surface area contributed by atoms with E-state index in [1.54, 1.807) is 0 Å². The number of rotatable bonds is 2. The quantitative estimate of drug-likeness (QED) is 0.694. The van der Waals surface area contributed by atoms with E-state index in [2.05, 4.69) is 4.74 Å². The molecule has 3 nitrogen and oxygen atoms in total. The van der Waals surface area contributed by atoms with Crippen molar-refractivity contribution in [3.05, 3.63) is 0 Å². The largest absolute Gasteiger partial charge is 0.471 e. The van der Waals surface area contributed by atoms with E-state index < -0.39 is 0 Å². The third-order valence-corrected chi connectivity index (χ3v) is 4.88. The molecule has 4 fully saturated rings. The van der Waals surface area contributed by atoms with E-state index in [1.807, 2.05) is 6.92 Å². The lowest BCUT2D eigenvalue weighted by Gasteiger charge is -2.55. The van der Waals surface area contributed by atoms with Gasteiger partial charge in [-0.15, -0.1) is 0 Å². The van der Waals surface area contributed by atoms with E-state index in [1.165, 1.54) is 45.6 Å². The van der Waals surface area contributed by atoms with E-state index in [4.69, 9.17) is 4.79 Å². The zero-order valence-electron chi connectivity index (χ0n) is 10.8. The van der Waals surface area contributed by atoms with Crippen LogP contribution in [0.25, 0.3) is 0 Å². The van der Waals surface area contributed by atoms with Gasteiger partial charge in [0.15, 0.2) is 0 Å². The Labute approximate surface area is 103 Å². The van der Waals surface area contributed by atoms with Gasteiger partial charge in [-0.25, -0.2) is 0 Å². The summed E-state index contributed by atoms with van der Waals surface area (Å²) >= 11 is 0. The van der Waals surface area contributed by atoms with Crippen LogP contribution >= 0.6 is 0 Å². The number of ether oxygens (including phenoxy) is 1. The molecule has 0 saturated heterocycles. The smallest absolute Gasteiger partial charge is 0.292 e. The molecule has 4 rings (SSSR count).